The third-order valence-corrected chi connectivity index (χ3v) is 2.03. The van der Waals surface area contributed by atoms with Gasteiger partial charge in [0.25, 0.3) is 0 Å². The fourth-order valence-corrected chi connectivity index (χ4v) is 1.21. The van der Waals surface area contributed by atoms with E-state index in [2.05, 4.69) is 0 Å². The second kappa shape index (κ2) is 4.39. The van der Waals surface area contributed by atoms with Crippen molar-refractivity contribution in [3.63, 3.8) is 0 Å². The lowest BCUT2D eigenvalue weighted by Gasteiger charge is -2.08. The number of nitrogens with two attached hydrogens (primary N) is 1. The molecule has 0 amide bonds. The van der Waals surface area contributed by atoms with Crippen LogP contribution >= 0.6 is 11.6 Å². The van der Waals surface area contributed by atoms with Crippen LogP contribution in [-0.4, -0.2) is 19.4 Å². The minimum absolute atomic E-state index is 0.0876. The van der Waals surface area contributed by atoms with Crippen LogP contribution in [0, 0.1) is 5.82 Å². The molecule has 0 atom stereocenters. The van der Waals surface area contributed by atoms with Crippen molar-refractivity contribution in [2.24, 2.45) is 5.73 Å². The van der Waals surface area contributed by atoms with Crippen molar-refractivity contribution in [2.45, 2.75) is 0 Å². The zero-order chi connectivity index (χ0) is 10.7. The molecule has 0 saturated heterocycles. The molecule has 1 rings (SSSR count). The smallest absolute Gasteiger partial charge is 0.184 e. The summed E-state index contributed by atoms with van der Waals surface area (Å²) in [5.74, 6) is -1.29. The van der Waals surface area contributed by atoms with Gasteiger partial charge in [-0.3, -0.25) is 4.79 Å². The van der Waals surface area contributed by atoms with Gasteiger partial charge >= 0.3 is 0 Å². The average molecular weight is 218 g/mol. The maximum atomic E-state index is 13.3. The summed E-state index contributed by atoms with van der Waals surface area (Å²) in [7, 11) is 1.27. The molecule has 1 aromatic carbocycles. The van der Waals surface area contributed by atoms with E-state index in [0.717, 1.165) is 0 Å². The van der Waals surface area contributed by atoms with Crippen molar-refractivity contribution in [3.8, 4) is 5.75 Å². The third kappa shape index (κ3) is 1.86. The molecule has 0 bridgehead atoms. The normalized spacial score (nSPS) is 10.0. The maximum Gasteiger partial charge on any atom is 0.184 e. The van der Waals surface area contributed by atoms with E-state index in [1.165, 1.54) is 19.2 Å². The third-order valence-electron chi connectivity index (χ3n) is 1.74. The van der Waals surface area contributed by atoms with Gasteiger partial charge in [-0.1, -0.05) is 11.6 Å². The van der Waals surface area contributed by atoms with Gasteiger partial charge in [0.1, 0.15) is 0 Å². The minimum Gasteiger partial charge on any atom is -0.493 e. The van der Waals surface area contributed by atoms with Gasteiger partial charge in [0.05, 0.1) is 24.2 Å². The Hall–Kier alpha value is -1.13. The molecule has 0 fully saturated rings. The Bertz CT molecular complexity index is 368. The number of carbonyl (C=O) groups excluding carboxylic acids is 1. The Balaban J connectivity index is 3.31. The predicted octanol–water partition coefficient (Wildman–Crippen LogP) is 1.63. The molecular weight excluding hydrogens is 209 g/mol. The molecule has 0 heterocycles. The lowest BCUT2D eigenvalue weighted by molar-refractivity contribution is 0.0997. The molecule has 1 aromatic rings. The molecule has 0 spiro atoms. The number of halogens is 2. The number of methoxy groups -OCH3 is 1. The van der Waals surface area contributed by atoms with E-state index in [0.29, 0.717) is 0 Å². The summed E-state index contributed by atoms with van der Waals surface area (Å²) in [5.41, 5.74) is 5.26. The zero-order valence-electron chi connectivity index (χ0n) is 7.51. The summed E-state index contributed by atoms with van der Waals surface area (Å²) in [6.45, 7) is -0.197. The van der Waals surface area contributed by atoms with Gasteiger partial charge in [-0.25, -0.2) is 4.39 Å². The quantitative estimate of drug-likeness (QED) is 0.783. The van der Waals surface area contributed by atoms with E-state index >= 15 is 0 Å². The Kier molecular flexibility index (Phi) is 3.43. The van der Waals surface area contributed by atoms with Gasteiger partial charge in [0, 0.05) is 0 Å². The van der Waals surface area contributed by atoms with E-state index in [1.54, 1.807) is 0 Å². The first kappa shape index (κ1) is 10.9. The zero-order valence-corrected chi connectivity index (χ0v) is 8.27. The Labute approximate surface area is 85.6 Å². The van der Waals surface area contributed by atoms with Crippen LogP contribution in [0.1, 0.15) is 10.4 Å². The largest absolute Gasteiger partial charge is 0.493 e. The van der Waals surface area contributed by atoms with E-state index in [1.807, 2.05) is 0 Å². The second-order valence-electron chi connectivity index (χ2n) is 2.57. The highest BCUT2D eigenvalue weighted by atomic mass is 35.5. The van der Waals surface area contributed by atoms with Crippen LogP contribution in [0.4, 0.5) is 4.39 Å². The van der Waals surface area contributed by atoms with Crippen LogP contribution < -0.4 is 10.5 Å². The van der Waals surface area contributed by atoms with E-state index in [4.69, 9.17) is 22.1 Å². The number of carbonyl (C=O) groups is 1. The van der Waals surface area contributed by atoms with Crippen molar-refractivity contribution in [1.29, 1.82) is 0 Å². The Morgan fingerprint density at radius 3 is 2.79 bits per heavy atom. The topological polar surface area (TPSA) is 52.3 Å². The summed E-state index contributed by atoms with van der Waals surface area (Å²) in [5, 5.41) is -0.0876. The first-order valence-electron chi connectivity index (χ1n) is 3.87. The van der Waals surface area contributed by atoms with Gasteiger partial charge in [-0.15, -0.1) is 0 Å². The molecule has 0 saturated carbocycles. The molecular formula is C9H9ClFNO2. The molecule has 0 radical (unpaired) electrons. The number of Topliss-reactive ketones (excluding diaryl/α,β-unsaturated/α-hetero) is 1. The molecule has 0 aliphatic carbocycles. The number of benzene rings is 1. The lowest BCUT2D eigenvalue weighted by atomic mass is 10.1. The number of hydrogen-bond donors (Lipinski definition) is 1. The molecule has 0 unspecified atom stereocenters. The fourth-order valence-electron chi connectivity index (χ4n) is 1.06. The van der Waals surface area contributed by atoms with Crippen molar-refractivity contribution in [1.82, 2.24) is 0 Å². The van der Waals surface area contributed by atoms with Gasteiger partial charge in [-0.2, -0.15) is 0 Å². The molecule has 3 nitrogen and oxygen atoms in total. The van der Waals surface area contributed by atoms with Crippen molar-refractivity contribution in [2.75, 3.05) is 13.7 Å². The van der Waals surface area contributed by atoms with Crippen molar-refractivity contribution in [3.05, 3.63) is 28.5 Å². The highest BCUT2D eigenvalue weighted by molar-refractivity contribution is 6.31. The summed E-state index contributed by atoms with van der Waals surface area (Å²) in [6, 6.07) is 2.68. The Morgan fingerprint density at radius 1 is 1.64 bits per heavy atom. The van der Waals surface area contributed by atoms with Crippen LogP contribution in [-0.2, 0) is 0 Å². The second-order valence-corrected chi connectivity index (χ2v) is 2.98. The highest BCUT2D eigenvalue weighted by Gasteiger charge is 2.17. The monoisotopic (exact) mass is 217 g/mol. The molecule has 0 aliphatic rings. The molecule has 2 N–H and O–H groups in total. The van der Waals surface area contributed by atoms with E-state index in [-0.39, 0.29) is 22.9 Å². The number of rotatable bonds is 3. The minimum atomic E-state index is -0.742. The molecule has 76 valence electrons. The maximum absolute atomic E-state index is 13.3. The number of ketones is 1. The van der Waals surface area contributed by atoms with Gasteiger partial charge in [0.2, 0.25) is 0 Å². The highest BCUT2D eigenvalue weighted by Crippen LogP contribution is 2.28. The average Bonchev–Trinajstić information content (AvgIpc) is 2.20. The molecule has 0 aliphatic heterocycles. The fraction of sp³-hybridized carbons (Fsp3) is 0.222. The van der Waals surface area contributed by atoms with Crippen LogP contribution in [0.15, 0.2) is 12.1 Å². The summed E-state index contributed by atoms with van der Waals surface area (Å²) >= 11 is 5.51. The predicted molar refractivity (Wildman–Crippen MR) is 51.3 cm³/mol. The van der Waals surface area contributed by atoms with Crippen LogP contribution in [0.5, 0.6) is 5.75 Å². The number of ether oxygens (including phenoxy) is 1. The van der Waals surface area contributed by atoms with Gasteiger partial charge in [-0.05, 0) is 12.1 Å². The van der Waals surface area contributed by atoms with Gasteiger partial charge in [0.15, 0.2) is 17.3 Å². The lowest BCUT2D eigenvalue weighted by Crippen LogP contribution is -2.15. The van der Waals surface area contributed by atoms with E-state index < -0.39 is 11.6 Å². The van der Waals surface area contributed by atoms with Crippen molar-refractivity contribution >= 4 is 17.4 Å². The molecule has 0 aromatic heterocycles. The van der Waals surface area contributed by atoms with Crippen LogP contribution in [0.3, 0.4) is 0 Å². The first-order chi connectivity index (χ1) is 6.61. The summed E-state index contributed by atoms with van der Waals surface area (Å²) < 4.78 is 18.1. The standard InChI is InChI=1S/C9H9ClFNO2/c1-14-9-5(7(13)4-12)2-3-6(10)8(9)11/h2-3H,4,12H2,1H3. The summed E-state index contributed by atoms with van der Waals surface area (Å²) in [4.78, 5) is 11.2. The Morgan fingerprint density at radius 2 is 2.29 bits per heavy atom. The molecule has 14 heavy (non-hydrogen) atoms. The van der Waals surface area contributed by atoms with Crippen molar-refractivity contribution < 1.29 is 13.9 Å². The van der Waals surface area contributed by atoms with Crippen LogP contribution in [0.2, 0.25) is 5.02 Å². The first-order valence-corrected chi connectivity index (χ1v) is 4.24. The SMILES string of the molecule is COc1c(C(=O)CN)ccc(Cl)c1F. The summed E-state index contributed by atoms with van der Waals surface area (Å²) in [6.07, 6.45) is 0. The molecule has 5 heteroatoms. The van der Waals surface area contributed by atoms with Crippen LogP contribution in [0.25, 0.3) is 0 Å². The number of hydrogen-bond acceptors (Lipinski definition) is 3. The van der Waals surface area contributed by atoms with E-state index in [9.17, 15) is 9.18 Å². The van der Waals surface area contributed by atoms with Gasteiger partial charge < -0.3 is 10.5 Å².